The van der Waals surface area contributed by atoms with Gasteiger partial charge in [0.05, 0.1) is 6.04 Å². The van der Waals surface area contributed by atoms with Gasteiger partial charge in [-0.25, -0.2) is 4.79 Å². The molecular weight excluding hydrogens is 196 g/mol. The average Bonchev–Trinajstić information content (AvgIpc) is 2.20. The SMILES string of the molecule is NC([C]=O)Cc1ccc(NC(=O)O)cc1. The number of anilines is 1. The Kier molecular flexibility index (Phi) is 3.82. The molecule has 0 saturated carbocycles. The van der Waals surface area contributed by atoms with Gasteiger partial charge in [-0.2, -0.15) is 0 Å². The van der Waals surface area contributed by atoms with Gasteiger partial charge in [-0.1, -0.05) is 12.1 Å². The molecule has 5 heteroatoms. The van der Waals surface area contributed by atoms with Gasteiger partial charge in [0.2, 0.25) is 6.29 Å². The zero-order valence-electron chi connectivity index (χ0n) is 7.93. The van der Waals surface area contributed by atoms with Crippen molar-refractivity contribution in [2.45, 2.75) is 12.5 Å². The number of nitrogens with two attached hydrogens (primary N) is 1. The second-order valence-corrected chi connectivity index (χ2v) is 3.06. The summed E-state index contributed by atoms with van der Waals surface area (Å²) in [6, 6.07) is 6.01. The van der Waals surface area contributed by atoms with Crippen LogP contribution in [0.3, 0.4) is 0 Å². The second-order valence-electron chi connectivity index (χ2n) is 3.06. The monoisotopic (exact) mass is 207 g/mol. The Morgan fingerprint density at radius 1 is 1.47 bits per heavy atom. The summed E-state index contributed by atoms with van der Waals surface area (Å²) in [4.78, 5) is 20.5. The van der Waals surface area contributed by atoms with Gasteiger partial charge in [0.1, 0.15) is 0 Å². The molecule has 0 heterocycles. The van der Waals surface area contributed by atoms with Crippen LogP contribution >= 0.6 is 0 Å². The van der Waals surface area contributed by atoms with Crippen LogP contribution < -0.4 is 11.1 Å². The Morgan fingerprint density at radius 3 is 2.53 bits per heavy atom. The number of carbonyl (C=O) groups excluding carboxylic acids is 1. The summed E-state index contributed by atoms with van der Waals surface area (Å²) in [5.41, 5.74) is 6.73. The van der Waals surface area contributed by atoms with Crippen LogP contribution in [-0.4, -0.2) is 23.5 Å². The lowest BCUT2D eigenvalue weighted by Gasteiger charge is -2.05. The lowest BCUT2D eigenvalue weighted by molar-refractivity contribution is 0.210. The first kappa shape index (κ1) is 11.2. The highest BCUT2D eigenvalue weighted by Gasteiger charge is 2.03. The number of hydrogen-bond acceptors (Lipinski definition) is 3. The summed E-state index contributed by atoms with van der Waals surface area (Å²) >= 11 is 0. The molecule has 1 aromatic carbocycles. The summed E-state index contributed by atoms with van der Waals surface area (Å²) < 4.78 is 0. The van der Waals surface area contributed by atoms with Gasteiger partial charge in [0.25, 0.3) is 0 Å². The molecule has 0 aliphatic carbocycles. The third-order valence-electron chi connectivity index (χ3n) is 1.81. The molecule has 1 unspecified atom stereocenters. The summed E-state index contributed by atoms with van der Waals surface area (Å²) in [5, 5.41) is 10.6. The van der Waals surface area contributed by atoms with Crippen molar-refractivity contribution in [2.75, 3.05) is 5.32 Å². The minimum absolute atomic E-state index is 0.400. The van der Waals surface area contributed by atoms with Crippen molar-refractivity contribution in [3.05, 3.63) is 29.8 Å². The Hall–Kier alpha value is -1.88. The van der Waals surface area contributed by atoms with Crippen LogP contribution in [0, 0.1) is 0 Å². The number of nitrogens with one attached hydrogen (secondary N) is 1. The Balaban J connectivity index is 2.63. The van der Waals surface area contributed by atoms with Crippen molar-refractivity contribution in [2.24, 2.45) is 5.73 Å². The summed E-state index contributed by atoms with van der Waals surface area (Å²) in [7, 11) is 0. The standard InChI is InChI=1S/C10H11N2O3/c11-8(6-13)5-7-1-3-9(4-2-7)12-10(14)15/h1-4,8,12H,5,11H2,(H,14,15). The molecule has 79 valence electrons. The molecule has 0 saturated heterocycles. The van der Waals surface area contributed by atoms with E-state index in [-0.39, 0.29) is 0 Å². The molecular formula is C10H11N2O3. The van der Waals surface area contributed by atoms with Crippen LogP contribution in [0.2, 0.25) is 0 Å². The third-order valence-corrected chi connectivity index (χ3v) is 1.81. The van der Waals surface area contributed by atoms with Gasteiger partial charge < -0.3 is 10.8 Å². The van der Waals surface area contributed by atoms with Gasteiger partial charge >= 0.3 is 6.09 Å². The predicted octanol–water partition coefficient (Wildman–Crippen LogP) is 0.756. The van der Waals surface area contributed by atoms with Crippen LogP contribution in [0.15, 0.2) is 24.3 Å². The van der Waals surface area contributed by atoms with E-state index in [2.05, 4.69) is 5.32 Å². The van der Waals surface area contributed by atoms with Crippen molar-refractivity contribution < 1.29 is 14.7 Å². The maximum absolute atomic E-state index is 10.3. The summed E-state index contributed by atoms with van der Waals surface area (Å²) in [6.07, 6.45) is 0.967. The highest BCUT2D eigenvalue weighted by Crippen LogP contribution is 2.10. The second kappa shape index (κ2) is 5.11. The first-order chi connectivity index (χ1) is 7.11. The zero-order valence-corrected chi connectivity index (χ0v) is 7.93. The zero-order chi connectivity index (χ0) is 11.3. The first-order valence-corrected chi connectivity index (χ1v) is 4.34. The lowest BCUT2D eigenvalue weighted by Crippen LogP contribution is -2.23. The van der Waals surface area contributed by atoms with Gasteiger partial charge in [-0.15, -0.1) is 0 Å². The first-order valence-electron chi connectivity index (χ1n) is 4.34. The third kappa shape index (κ3) is 3.78. The highest BCUT2D eigenvalue weighted by atomic mass is 16.4. The molecule has 0 spiro atoms. The molecule has 0 bridgehead atoms. The largest absolute Gasteiger partial charge is 0.465 e. The van der Waals surface area contributed by atoms with Gasteiger partial charge in [-0.05, 0) is 24.1 Å². The van der Waals surface area contributed by atoms with E-state index in [9.17, 15) is 9.59 Å². The highest BCUT2D eigenvalue weighted by molar-refractivity contribution is 5.82. The lowest BCUT2D eigenvalue weighted by atomic mass is 10.1. The Morgan fingerprint density at radius 2 is 2.07 bits per heavy atom. The Bertz CT molecular complexity index is 348. The topological polar surface area (TPSA) is 92.4 Å². The maximum Gasteiger partial charge on any atom is 0.409 e. The fourth-order valence-corrected chi connectivity index (χ4v) is 1.14. The van der Waals surface area contributed by atoms with Crippen molar-refractivity contribution in [3.63, 3.8) is 0 Å². The molecule has 0 fully saturated rings. The molecule has 0 aromatic heterocycles. The van der Waals surface area contributed by atoms with Gasteiger partial charge in [0, 0.05) is 5.69 Å². The van der Waals surface area contributed by atoms with E-state index < -0.39 is 12.1 Å². The van der Waals surface area contributed by atoms with E-state index in [1.165, 1.54) is 0 Å². The van der Waals surface area contributed by atoms with E-state index in [1.807, 2.05) is 0 Å². The predicted molar refractivity (Wildman–Crippen MR) is 55.5 cm³/mol. The molecule has 1 aromatic rings. The van der Waals surface area contributed by atoms with Gasteiger partial charge in [0.15, 0.2) is 0 Å². The van der Waals surface area contributed by atoms with Crippen LogP contribution in [0.5, 0.6) is 0 Å². The van der Waals surface area contributed by atoms with Crippen molar-refractivity contribution in [3.8, 4) is 0 Å². The summed E-state index contributed by atoms with van der Waals surface area (Å²) in [5.74, 6) is 0. The molecule has 1 radical (unpaired) electrons. The fourth-order valence-electron chi connectivity index (χ4n) is 1.14. The summed E-state index contributed by atoms with van der Waals surface area (Å²) in [6.45, 7) is 0. The number of benzene rings is 1. The minimum Gasteiger partial charge on any atom is -0.465 e. The Labute approximate surface area is 86.9 Å². The maximum atomic E-state index is 10.3. The normalized spacial score (nSPS) is 11.8. The van der Waals surface area contributed by atoms with Gasteiger partial charge in [-0.3, -0.25) is 10.1 Å². The fraction of sp³-hybridized carbons (Fsp3) is 0.200. The quantitative estimate of drug-likeness (QED) is 0.679. The number of carbonyl (C=O) groups is 1. The number of amides is 1. The molecule has 15 heavy (non-hydrogen) atoms. The van der Waals surface area contributed by atoms with Crippen LogP contribution in [0.4, 0.5) is 10.5 Å². The number of rotatable bonds is 4. The van der Waals surface area contributed by atoms with Crippen molar-refractivity contribution >= 4 is 18.1 Å². The van der Waals surface area contributed by atoms with E-state index in [0.29, 0.717) is 12.1 Å². The van der Waals surface area contributed by atoms with Crippen molar-refractivity contribution in [1.82, 2.24) is 0 Å². The van der Waals surface area contributed by atoms with Crippen molar-refractivity contribution in [1.29, 1.82) is 0 Å². The van der Waals surface area contributed by atoms with Crippen LogP contribution in [0.1, 0.15) is 5.56 Å². The average molecular weight is 207 g/mol. The molecule has 4 N–H and O–H groups in total. The molecule has 0 aliphatic heterocycles. The van der Waals surface area contributed by atoms with E-state index in [1.54, 1.807) is 30.6 Å². The van der Waals surface area contributed by atoms with Crippen LogP contribution in [-0.2, 0) is 11.2 Å². The number of hydrogen-bond donors (Lipinski definition) is 3. The minimum atomic E-state index is -1.11. The number of carboxylic acid groups (broad SMARTS) is 1. The molecule has 1 amide bonds. The van der Waals surface area contributed by atoms with Crippen LogP contribution in [0.25, 0.3) is 0 Å². The van der Waals surface area contributed by atoms with E-state index >= 15 is 0 Å². The van der Waals surface area contributed by atoms with E-state index in [0.717, 1.165) is 5.56 Å². The van der Waals surface area contributed by atoms with E-state index in [4.69, 9.17) is 10.8 Å². The molecule has 0 aliphatic rings. The smallest absolute Gasteiger partial charge is 0.409 e. The molecule has 5 nitrogen and oxygen atoms in total. The molecule has 1 atom stereocenters. The molecule has 1 rings (SSSR count).